The molecule has 6 nitrogen and oxygen atoms in total. The van der Waals surface area contributed by atoms with E-state index in [9.17, 15) is 0 Å². The normalized spacial score (nSPS) is 21.1. The SMILES string of the molecule is CN=C(NCc1ccnc(OC)c1)NCC1(C)CCCO1.I. The molecule has 2 rings (SSSR count). The van der Waals surface area contributed by atoms with Crippen molar-refractivity contribution in [3.05, 3.63) is 23.9 Å². The van der Waals surface area contributed by atoms with Crippen molar-refractivity contribution in [1.29, 1.82) is 0 Å². The fourth-order valence-electron chi connectivity index (χ4n) is 2.33. The molecule has 0 radical (unpaired) electrons. The van der Waals surface area contributed by atoms with Crippen LogP contribution in [-0.2, 0) is 11.3 Å². The number of nitrogens with one attached hydrogen (secondary N) is 2. The Morgan fingerprint density at radius 3 is 2.95 bits per heavy atom. The maximum absolute atomic E-state index is 5.76. The summed E-state index contributed by atoms with van der Waals surface area (Å²) in [5.74, 6) is 1.38. The molecule has 1 saturated heterocycles. The van der Waals surface area contributed by atoms with Crippen molar-refractivity contribution in [2.75, 3.05) is 27.3 Å². The maximum atomic E-state index is 5.76. The zero-order valence-corrected chi connectivity index (χ0v) is 15.7. The first kappa shape index (κ1) is 19.0. The Kier molecular flexibility index (Phi) is 7.88. The number of aromatic nitrogens is 1. The zero-order valence-electron chi connectivity index (χ0n) is 13.4. The smallest absolute Gasteiger partial charge is 0.213 e. The van der Waals surface area contributed by atoms with Crippen LogP contribution < -0.4 is 15.4 Å². The predicted molar refractivity (Wildman–Crippen MR) is 98.0 cm³/mol. The lowest BCUT2D eigenvalue weighted by molar-refractivity contribution is 0.0243. The van der Waals surface area contributed by atoms with Crippen LogP contribution in [0.5, 0.6) is 5.88 Å². The molecular weight excluding hydrogens is 395 g/mol. The summed E-state index contributed by atoms with van der Waals surface area (Å²) in [6, 6.07) is 3.85. The molecule has 0 spiro atoms. The highest BCUT2D eigenvalue weighted by Crippen LogP contribution is 2.23. The lowest BCUT2D eigenvalue weighted by Gasteiger charge is -2.24. The summed E-state index contributed by atoms with van der Waals surface area (Å²) in [4.78, 5) is 8.32. The number of guanidine groups is 1. The van der Waals surface area contributed by atoms with E-state index in [-0.39, 0.29) is 29.6 Å². The average Bonchev–Trinajstić information content (AvgIpc) is 2.95. The standard InChI is InChI=1S/C15H24N4O2.HI/c1-15(6-4-8-21-15)11-19-14(16-2)18-10-12-5-7-17-13(9-12)20-3;/h5,7,9H,4,6,8,10-11H2,1-3H3,(H2,16,18,19);1H. The minimum atomic E-state index is -0.0858. The molecule has 0 amide bonds. The number of hydrogen-bond donors (Lipinski definition) is 2. The fraction of sp³-hybridized carbons (Fsp3) is 0.600. The van der Waals surface area contributed by atoms with E-state index in [2.05, 4.69) is 27.5 Å². The van der Waals surface area contributed by atoms with Gasteiger partial charge in [-0.1, -0.05) is 0 Å². The Labute approximate surface area is 149 Å². The van der Waals surface area contributed by atoms with Gasteiger partial charge in [0.1, 0.15) is 0 Å². The van der Waals surface area contributed by atoms with Crippen LogP contribution in [0.2, 0.25) is 0 Å². The topological polar surface area (TPSA) is 67.8 Å². The first-order valence-corrected chi connectivity index (χ1v) is 7.22. The van der Waals surface area contributed by atoms with E-state index in [1.54, 1.807) is 20.4 Å². The van der Waals surface area contributed by atoms with Gasteiger partial charge in [0.15, 0.2) is 5.96 Å². The van der Waals surface area contributed by atoms with Gasteiger partial charge < -0.3 is 20.1 Å². The molecule has 1 aromatic heterocycles. The summed E-state index contributed by atoms with van der Waals surface area (Å²) >= 11 is 0. The van der Waals surface area contributed by atoms with Crippen molar-refractivity contribution >= 4 is 29.9 Å². The number of nitrogens with zero attached hydrogens (tertiary/aromatic N) is 2. The van der Waals surface area contributed by atoms with Crippen LogP contribution >= 0.6 is 24.0 Å². The Morgan fingerprint density at radius 1 is 1.50 bits per heavy atom. The third-order valence-electron chi connectivity index (χ3n) is 3.62. The Hall–Kier alpha value is -1.09. The molecule has 1 aromatic rings. The van der Waals surface area contributed by atoms with Gasteiger partial charge in [-0.05, 0) is 31.4 Å². The van der Waals surface area contributed by atoms with Crippen LogP contribution in [0.4, 0.5) is 0 Å². The summed E-state index contributed by atoms with van der Waals surface area (Å²) in [5.41, 5.74) is 1.01. The molecule has 1 unspecified atom stereocenters. The number of halogens is 1. The molecule has 0 aliphatic carbocycles. The average molecular weight is 420 g/mol. The number of methoxy groups -OCH3 is 1. The molecule has 0 saturated carbocycles. The van der Waals surface area contributed by atoms with Crippen molar-refractivity contribution in [3.63, 3.8) is 0 Å². The molecule has 1 fully saturated rings. The summed E-state index contributed by atoms with van der Waals surface area (Å²) in [6.45, 7) is 4.40. The highest BCUT2D eigenvalue weighted by Gasteiger charge is 2.29. The van der Waals surface area contributed by atoms with E-state index in [0.717, 1.165) is 37.5 Å². The molecule has 1 aliphatic rings. The summed E-state index contributed by atoms with van der Waals surface area (Å²) < 4.78 is 10.9. The fourth-order valence-corrected chi connectivity index (χ4v) is 2.33. The molecule has 7 heteroatoms. The van der Waals surface area contributed by atoms with Gasteiger partial charge in [0, 0.05) is 39.0 Å². The van der Waals surface area contributed by atoms with Crippen LogP contribution in [0.25, 0.3) is 0 Å². The van der Waals surface area contributed by atoms with Gasteiger partial charge in [-0.25, -0.2) is 4.98 Å². The van der Waals surface area contributed by atoms with Crippen molar-refractivity contribution in [3.8, 4) is 5.88 Å². The predicted octanol–water partition coefficient (Wildman–Crippen LogP) is 1.94. The van der Waals surface area contributed by atoms with Gasteiger partial charge in [0.2, 0.25) is 5.88 Å². The van der Waals surface area contributed by atoms with Crippen molar-refractivity contribution in [2.24, 2.45) is 4.99 Å². The largest absolute Gasteiger partial charge is 0.481 e. The monoisotopic (exact) mass is 420 g/mol. The van der Waals surface area contributed by atoms with Gasteiger partial charge in [-0.3, -0.25) is 4.99 Å². The highest BCUT2D eigenvalue weighted by molar-refractivity contribution is 14.0. The van der Waals surface area contributed by atoms with Gasteiger partial charge in [0.05, 0.1) is 12.7 Å². The maximum Gasteiger partial charge on any atom is 0.213 e. The minimum Gasteiger partial charge on any atom is -0.481 e. The van der Waals surface area contributed by atoms with Crippen LogP contribution in [0.1, 0.15) is 25.3 Å². The number of pyridine rings is 1. The molecule has 2 N–H and O–H groups in total. The number of ether oxygens (including phenoxy) is 2. The van der Waals surface area contributed by atoms with Crippen LogP contribution in [0, 0.1) is 0 Å². The van der Waals surface area contributed by atoms with E-state index < -0.39 is 0 Å². The summed E-state index contributed by atoms with van der Waals surface area (Å²) in [7, 11) is 3.38. The number of aliphatic imine (C=N–C) groups is 1. The second kappa shape index (κ2) is 9.14. The second-order valence-electron chi connectivity index (χ2n) is 5.39. The molecule has 2 heterocycles. The van der Waals surface area contributed by atoms with Gasteiger partial charge >= 0.3 is 0 Å². The third-order valence-corrected chi connectivity index (χ3v) is 3.62. The Morgan fingerprint density at radius 2 is 2.32 bits per heavy atom. The lowest BCUT2D eigenvalue weighted by Crippen LogP contribution is -2.45. The zero-order chi connectivity index (χ0) is 15.1. The number of rotatable bonds is 5. The Balaban J connectivity index is 0.00000242. The van der Waals surface area contributed by atoms with E-state index >= 15 is 0 Å². The molecule has 0 bridgehead atoms. The molecule has 0 aromatic carbocycles. The van der Waals surface area contributed by atoms with Crippen LogP contribution in [0.3, 0.4) is 0 Å². The van der Waals surface area contributed by atoms with E-state index in [1.165, 1.54) is 0 Å². The Bertz CT molecular complexity index is 490. The van der Waals surface area contributed by atoms with Crippen molar-refractivity contribution < 1.29 is 9.47 Å². The van der Waals surface area contributed by atoms with Crippen LogP contribution in [-0.4, -0.2) is 43.9 Å². The first-order valence-electron chi connectivity index (χ1n) is 7.22. The quantitative estimate of drug-likeness (QED) is 0.433. The highest BCUT2D eigenvalue weighted by atomic mass is 127. The van der Waals surface area contributed by atoms with E-state index in [1.807, 2.05) is 12.1 Å². The minimum absolute atomic E-state index is 0. The summed E-state index contributed by atoms with van der Waals surface area (Å²) in [6.07, 6.45) is 3.94. The molecule has 1 atom stereocenters. The summed E-state index contributed by atoms with van der Waals surface area (Å²) in [5, 5.41) is 6.60. The first-order chi connectivity index (χ1) is 10.1. The lowest BCUT2D eigenvalue weighted by atomic mass is 10.0. The van der Waals surface area contributed by atoms with E-state index in [0.29, 0.717) is 12.4 Å². The molecule has 1 aliphatic heterocycles. The molecular formula is C15H25IN4O2. The second-order valence-corrected chi connectivity index (χ2v) is 5.39. The van der Waals surface area contributed by atoms with Gasteiger partial charge in [0.25, 0.3) is 0 Å². The molecule has 124 valence electrons. The van der Waals surface area contributed by atoms with Crippen molar-refractivity contribution in [2.45, 2.75) is 31.9 Å². The van der Waals surface area contributed by atoms with Crippen LogP contribution in [0.15, 0.2) is 23.3 Å². The molecule has 22 heavy (non-hydrogen) atoms. The van der Waals surface area contributed by atoms with Crippen molar-refractivity contribution in [1.82, 2.24) is 15.6 Å². The number of hydrogen-bond acceptors (Lipinski definition) is 4. The third kappa shape index (κ3) is 5.60. The van der Waals surface area contributed by atoms with Gasteiger partial charge in [-0.15, -0.1) is 24.0 Å². The van der Waals surface area contributed by atoms with E-state index in [4.69, 9.17) is 9.47 Å². The van der Waals surface area contributed by atoms with Gasteiger partial charge in [-0.2, -0.15) is 0 Å².